The molecule has 4 heteroatoms. The molecule has 0 aliphatic carbocycles. The Morgan fingerprint density at radius 2 is 2.13 bits per heavy atom. The highest BCUT2D eigenvalue weighted by Gasteiger charge is 2.28. The van der Waals surface area contributed by atoms with Gasteiger partial charge < -0.3 is 4.74 Å². The Bertz CT molecular complexity index is 313. The molecule has 0 bridgehead atoms. The molecule has 0 aromatic heterocycles. The minimum Gasteiger partial charge on any atom is -0.501 e. The van der Waals surface area contributed by atoms with Gasteiger partial charge in [-0.15, -0.1) is 0 Å². The summed E-state index contributed by atoms with van der Waals surface area (Å²) in [6.45, 7) is 4.42. The van der Waals surface area contributed by atoms with Crippen molar-refractivity contribution in [2.45, 2.75) is 44.8 Å². The second-order valence-corrected chi connectivity index (χ2v) is 6.74. The number of hydrogen-bond donors (Lipinski definition) is 0. The Balaban J connectivity index is 2.34. The van der Waals surface area contributed by atoms with Gasteiger partial charge in [0.05, 0.1) is 23.9 Å². The number of hydrogen-bond acceptors (Lipinski definition) is 3. The molecule has 0 amide bonds. The van der Waals surface area contributed by atoms with Crippen LogP contribution in [-0.4, -0.2) is 26.0 Å². The van der Waals surface area contributed by atoms with Crippen molar-refractivity contribution in [3.63, 3.8) is 0 Å². The summed E-state index contributed by atoms with van der Waals surface area (Å²) >= 11 is 0. The Morgan fingerprint density at radius 3 is 2.73 bits per heavy atom. The molecule has 1 rings (SSSR count). The van der Waals surface area contributed by atoms with Gasteiger partial charge in [-0.1, -0.05) is 6.42 Å². The van der Waals surface area contributed by atoms with Gasteiger partial charge in [-0.05, 0) is 38.7 Å². The molecule has 0 radical (unpaired) electrons. The lowest BCUT2D eigenvalue weighted by atomic mass is 10.1. The van der Waals surface area contributed by atoms with Crippen molar-refractivity contribution in [1.82, 2.24) is 0 Å². The molecule has 1 aliphatic heterocycles. The smallest absolute Gasteiger partial charge is 0.153 e. The number of sulfone groups is 1. The van der Waals surface area contributed by atoms with Crippen LogP contribution in [0.2, 0.25) is 0 Å². The van der Waals surface area contributed by atoms with Crippen LogP contribution >= 0.6 is 0 Å². The lowest BCUT2D eigenvalue weighted by Crippen LogP contribution is -2.29. The maximum Gasteiger partial charge on any atom is 0.153 e. The monoisotopic (exact) mass is 232 g/mol. The summed E-state index contributed by atoms with van der Waals surface area (Å²) in [5.41, 5.74) is 1.10. The van der Waals surface area contributed by atoms with Gasteiger partial charge in [-0.2, -0.15) is 0 Å². The fourth-order valence-electron chi connectivity index (χ4n) is 1.77. The maximum atomic E-state index is 11.6. The van der Waals surface area contributed by atoms with E-state index in [1.165, 1.54) is 0 Å². The summed E-state index contributed by atoms with van der Waals surface area (Å²) < 4.78 is 28.5. The van der Waals surface area contributed by atoms with Crippen molar-refractivity contribution in [2.75, 3.05) is 12.4 Å². The first kappa shape index (κ1) is 12.6. The topological polar surface area (TPSA) is 43.4 Å². The fraction of sp³-hybridized carbons (Fsp3) is 0.818. The van der Waals surface area contributed by atoms with E-state index in [0.29, 0.717) is 18.8 Å². The summed E-state index contributed by atoms with van der Waals surface area (Å²) in [5, 5.41) is -0.170. The Hall–Kier alpha value is -0.510. The molecule has 1 unspecified atom stereocenters. The van der Waals surface area contributed by atoms with E-state index in [0.717, 1.165) is 24.8 Å². The molecule has 1 saturated heterocycles. The molecular formula is C11H20O3S. The van der Waals surface area contributed by atoms with Crippen LogP contribution in [0.3, 0.4) is 0 Å². The van der Waals surface area contributed by atoms with Crippen LogP contribution < -0.4 is 0 Å². The largest absolute Gasteiger partial charge is 0.501 e. The Labute approximate surface area is 92.4 Å². The highest BCUT2D eigenvalue weighted by atomic mass is 32.2. The quantitative estimate of drug-likeness (QED) is 0.551. The third kappa shape index (κ3) is 4.24. The number of allylic oxidation sites excluding steroid dienone is 1. The van der Waals surface area contributed by atoms with E-state index in [9.17, 15) is 8.42 Å². The van der Waals surface area contributed by atoms with Crippen LogP contribution in [0.15, 0.2) is 11.8 Å². The third-order valence-corrected chi connectivity index (χ3v) is 4.93. The molecule has 3 nitrogen and oxygen atoms in total. The average molecular weight is 232 g/mol. The van der Waals surface area contributed by atoms with Crippen molar-refractivity contribution < 1.29 is 13.2 Å². The van der Waals surface area contributed by atoms with Crippen LogP contribution in [0.5, 0.6) is 0 Å². The predicted octanol–water partition coefficient (Wildman–Crippen LogP) is 2.28. The molecule has 15 heavy (non-hydrogen) atoms. The maximum absolute atomic E-state index is 11.6. The van der Waals surface area contributed by atoms with Crippen molar-refractivity contribution in [1.29, 1.82) is 0 Å². The van der Waals surface area contributed by atoms with Crippen LogP contribution in [0.25, 0.3) is 0 Å². The SMILES string of the molecule is CC(C)=COCCC1CCCCS1(=O)=O. The van der Waals surface area contributed by atoms with Crippen molar-refractivity contribution in [3.8, 4) is 0 Å². The van der Waals surface area contributed by atoms with E-state index < -0.39 is 9.84 Å². The molecule has 0 N–H and O–H groups in total. The minimum atomic E-state index is -2.82. The minimum absolute atomic E-state index is 0.170. The molecule has 1 atom stereocenters. The van der Waals surface area contributed by atoms with E-state index in [1.54, 1.807) is 6.26 Å². The normalized spacial score (nSPS) is 24.5. The summed E-state index contributed by atoms with van der Waals surface area (Å²) in [4.78, 5) is 0. The van der Waals surface area contributed by atoms with Crippen LogP contribution in [-0.2, 0) is 14.6 Å². The zero-order valence-electron chi connectivity index (χ0n) is 9.53. The summed E-state index contributed by atoms with van der Waals surface area (Å²) in [6, 6.07) is 0. The number of ether oxygens (including phenoxy) is 1. The second-order valence-electron chi connectivity index (χ2n) is 4.34. The molecule has 88 valence electrons. The van der Waals surface area contributed by atoms with E-state index in [1.807, 2.05) is 13.8 Å². The fourth-order valence-corrected chi connectivity index (χ4v) is 3.69. The summed E-state index contributed by atoms with van der Waals surface area (Å²) in [5.74, 6) is 0.361. The Kier molecular flexibility index (Phi) is 4.64. The number of rotatable bonds is 4. The molecule has 0 aromatic rings. The van der Waals surface area contributed by atoms with E-state index >= 15 is 0 Å². The van der Waals surface area contributed by atoms with Gasteiger partial charge in [0.1, 0.15) is 0 Å². The van der Waals surface area contributed by atoms with Crippen molar-refractivity contribution >= 4 is 9.84 Å². The van der Waals surface area contributed by atoms with Gasteiger partial charge in [-0.25, -0.2) is 8.42 Å². The van der Waals surface area contributed by atoms with Gasteiger partial charge in [-0.3, -0.25) is 0 Å². The molecular weight excluding hydrogens is 212 g/mol. The molecule has 0 aromatic carbocycles. The first-order valence-corrected chi connectivity index (χ1v) is 7.20. The van der Waals surface area contributed by atoms with Gasteiger partial charge in [0, 0.05) is 0 Å². The second kappa shape index (κ2) is 5.54. The van der Waals surface area contributed by atoms with Gasteiger partial charge in [0.25, 0.3) is 0 Å². The highest BCUT2D eigenvalue weighted by Crippen LogP contribution is 2.22. The molecule has 0 spiro atoms. The van der Waals surface area contributed by atoms with Crippen LogP contribution in [0.1, 0.15) is 39.5 Å². The third-order valence-electron chi connectivity index (χ3n) is 2.59. The van der Waals surface area contributed by atoms with Crippen molar-refractivity contribution in [3.05, 3.63) is 11.8 Å². The zero-order valence-corrected chi connectivity index (χ0v) is 10.3. The van der Waals surface area contributed by atoms with Gasteiger partial charge in [0.2, 0.25) is 0 Å². The predicted molar refractivity (Wildman–Crippen MR) is 61.4 cm³/mol. The van der Waals surface area contributed by atoms with Crippen molar-refractivity contribution in [2.24, 2.45) is 0 Å². The standard InChI is InChI=1S/C11H20O3S/c1-10(2)9-14-7-6-11-5-3-4-8-15(11,12)13/h9,11H,3-8H2,1-2H3. The lowest BCUT2D eigenvalue weighted by Gasteiger charge is -2.21. The first-order chi connectivity index (χ1) is 7.02. The van der Waals surface area contributed by atoms with Crippen LogP contribution in [0, 0.1) is 0 Å². The zero-order chi connectivity index (χ0) is 11.3. The molecule has 1 heterocycles. The van der Waals surface area contributed by atoms with E-state index in [-0.39, 0.29) is 5.25 Å². The molecule has 1 fully saturated rings. The molecule has 1 aliphatic rings. The Morgan fingerprint density at radius 1 is 1.40 bits per heavy atom. The average Bonchev–Trinajstić information content (AvgIpc) is 2.13. The van der Waals surface area contributed by atoms with Gasteiger partial charge >= 0.3 is 0 Å². The van der Waals surface area contributed by atoms with E-state index in [4.69, 9.17) is 4.74 Å². The summed E-state index contributed by atoms with van der Waals surface area (Å²) in [7, 11) is -2.82. The lowest BCUT2D eigenvalue weighted by molar-refractivity contribution is 0.237. The summed E-state index contributed by atoms with van der Waals surface area (Å²) in [6.07, 6.45) is 4.99. The molecule has 0 saturated carbocycles. The van der Waals surface area contributed by atoms with Gasteiger partial charge in [0.15, 0.2) is 9.84 Å². The van der Waals surface area contributed by atoms with Crippen LogP contribution in [0.4, 0.5) is 0 Å². The van der Waals surface area contributed by atoms with E-state index in [2.05, 4.69) is 0 Å². The highest BCUT2D eigenvalue weighted by molar-refractivity contribution is 7.92. The first-order valence-electron chi connectivity index (χ1n) is 5.49.